The standard InChI is InChI=1S/C24H26O3/c1-3-26-22-12-5-8-18(16-22)14-20-10-7-11-21(24(20)25)15-19-9-6-13-23(17-19)27-4-2/h5-6,8-9,12-17H,3-4,7,10-11H2,1-2H3/b20-14-,21-15+. The second kappa shape index (κ2) is 9.22. The largest absolute Gasteiger partial charge is 0.494 e. The van der Waals surface area contributed by atoms with Crippen molar-refractivity contribution in [1.82, 2.24) is 0 Å². The van der Waals surface area contributed by atoms with Gasteiger partial charge < -0.3 is 9.47 Å². The Morgan fingerprint density at radius 2 is 1.30 bits per heavy atom. The molecule has 1 fully saturated rings. The molecule has 27 heavy (non-hydrogen) atoms. The van der Waals surface area contributed by atoms with Gasteiger partial charge in [0.2, 0.25) is 0 Å². The van der Waals surface area contributed by atoms with Crippen LogP contribution in [-0.4, -0.2) is 19.0 Å². The van der Waals surface area contributed by atoms with Gasteiger partial charge in [0.15, 0.2) is 5.78 Å². The first kappa shape index (κ1) is 19.0. The molecule has 1 saturated carbocycles. The van der Waals surface area contributed by atoms with E-state index in [1.165, 1.54) is 0 Å². The predicted octanol–water partition coefficient (Wildman–Crippen LogP) is 5.70. The molecule has 0 aliphatic heterocycles. The molecule has 3 nitrogen and oxygen atoms in total. The molecule has 2 aromatic carbocycles. The highest BCUT2D eigenvalue weighted by Gasteiger charge is 2.20. The fourth-order valence-electron chi connectivity index (χ4n) is 3.30. The average Bonchev–Trinajstić information content (AvgIpc) is 2.66. The highest BCUT2D eigenvalue weighted by molar-refractivity contribution is 6.14. The van der Waals surface area contributed by atoms with E-state index >= 15 is 0 Å². The lowest BCUT2D eigenvalue weighted by molar-refractivity contribution is -0.112. The Balaban J connectivity index is 1.83. The van der Waals surface area contributed by atoms with Crippen molar-refractivity contribution in [2.75, 3.05) is 13.2 Å². The molecule has 0 N–H and O–H groups in total. The number of carbonyl (C=O) groups is 1. The van der Waals surface area contributed by atoms with Gasteiger partial charge in [-0.2, -0.15) is 0 Å². The van der Waals surface area contributed by atoms with E-state index in [0.717, 1.165) is 53.0 Å². The summed E-state index contributed by atoms with van der Waals surface area (Å²) in [5.74, 6) is 1.81. The van der Waals surface area contributed by atoms with Crippen molar-refractivity contribution in [3.05, 3.63) is 70.8 Å². The van der Waals surface area contributed by atoms with E-state index in [2.05, 4.69) is 0 Å². The van der Waals surface area contributed by atoms with E-state index in [4.69, 9.17) is 9.47 Å². The summed E-state index contributed by atoms with van der Waals surface area (Å²) in [4.78, 5) is 13.0. The number of ketones is 1. The number of rotatable bonds is 6. The maximum absolute atomic E-state index is 13.0. The van der Waals surface area contributed by atoms with Gasteiger partial charge in [0.25, 0.3) is 0 Å². The van der Waals surface area contributed by atoms with Crippen LogP contribution in [0.1, 0.15) is 44.2 Å². The van der Waals surface area contributed by atoms with E-state index < -0.39 is 0 Å². The van der Waals surface area contributed by atoms with Crippen LogP contribution < -0.4 is 9.47 Å². The van der Waals surface area contributed by atoms with Crippen LogP contribution in [0, 0.1) is 0 Å². The van der Waals surface area contributed by atoms with Crippen LogP contribution in [0.5, 0.6) is 11.5 Å². The van der Waals surface area contributed by atoms with Crippen LogP contribution >= 0.6 is 0 Å². The Hall–Kier alpha value is -2.81. The summed E-state index contributed by atoms with van der Waals surface area (Å²) in [5.41, 5.74) is 3.73. The van der Waals surface area contributed by atoms with Crippen molar-refractivity contribution in [1.29, 1.82) is 0 Å². The summed E-state index contributed by atoms with van der Waals surface area (Å²) >= 11 is 0. The maximum atomic E-state index is 13.0. The van der Waals surface area contributed by atoms with Crippen LogP contribution in [-0.2, 0) is 4.79 Å². The van der Waals surface area contributed by atoms with Crippen LogP contribution in [0.4, 0.5) is 0 Å². The number of hydrogen-bond acceptors (Lipinski definition) is 3. The van der Waals surface area contributed by atoms with Gasteiger partial charge in [0.05, 0.1) is 13.2 Å². The molecular weight excluding hydrogens is 336 g/mol. The Bertz CT molecular complexity index is 792. The molecule has 0 radical (unpaired) electrons. The van der Waals surface area contributed by atoms with Gasteiger partial charge in [-0.25, -0.2) is 0 Å². The molecule has 0 aromatic heterocycles. The summed E-state index contributed by atoms with van der Waals surface area (Å²) < 4.78 is 11.1. The van der Waals surface area contributed by atoms with Crippen LogP contribution in [0.2, 0.25) is 0 Å². The fraction of sp³-hybridized carbons (Fsp3) is 0.292. The second-order valence-electron chi connectivity index (χ2n) is 6.53. The smallest absolute Gasteiger partial charge is 0.185 e. The van der Waals surface area contributed by atoms with E-state index in [1.807, 2.05) is 74.5 Å². The first-order valence-electron chi connectivity index (χ1n) is 9.61. The van der Waals surface area contributed by atoms with Gasteiger partial charge in [-0.05, 0) is 80.7 Å². The minimum absolute atomic E-state index is 0.143. The molecule has 0 atom stereocenters. The summed E-state index contributed by atoms with van der Waals surface area (Å²) in [6, 6.07) is 15.8. The molecule has 1 aliphatic rings. The average molecular weight is 362 g/mol. The van der Waals surface area contributed by atoms with Crippen molar-refractivity contribution < 1.29 is 14.3 Å². The first-order valence-corrected chi connectivity index (χ1v) is 9.61. The van der Waals surface area contributed by atoms with Crippen molar-refractivity contribution in [3.63, 3.8) is 0 Å². The topological polar surface area (TPSA) is 35.5 Å². The highest BCUT2D eigenvalue weighted by Crippen LogP contribution is 2.29. The molecule has 0 spiro atoms. The maximum Gasteiger partial charge on any atom is 0.185 e. The fourth-order valence-corrected chi connectivity index (χ4v) is 3.30. The SMILES string of the molecule is CCOc1cccc(/C=C2/CCC/C(=C\c3cccc(OCC)c3)C2=O)c1. The number of allylic oxidation sites excluding steroid dienone is 2. The number of carbonyl (C=O) groups excluding carboxylic acids is 1. The lowest BCUT2D eigenvalue weighted by Gasteiger charge is -2.17. The van der Waals surface area contributed by atoms with Gasteiger partial charge in [-0.1, -0.05) is 24.3 Å². The van der Waals surface area contributed by atoms with Crippen LogP contribution in [0.15, 0.2) is 59.7 Å². The van der Waals surface area contributed by atoms with E-state index in [9.17, 15) is 4.79 Å². The number of benzene rings is 2. The quantitative estimate of drug-likeness (QED) is 0.618. The second-order valence-corrected chi connectivity index (χ2v) is 6.53. The molecule has 1 aliphatic carbocycles. The molecule has 3 rings (SSSR count). The normalized spacial score (nSPS) is 17.3. The molecule has 0 saturated heterocycles. The zero-order valence-corrected chi connectivity index (χ0v) is 16.0. The number of hydrogen-bond donors (Lipinski definition) is 0. The summed E-state index contributed by atoms with van der Waals surface area (Å²) in [7, 11) is 0. The Morgan fingerprint density at radius 1 is 0.815 bits per heavy atom. The van der Waals surface area contributed by atoms with Gasteiger partial charge >= 0.3 is 0 Å². The summed E-state index contributed by atoms with van der Waals surface area (Å²) in [6.07, 6.45) is 6.60. The van der Waals surface area contributed by atoms with Gasteiger partial charge in [-0.3, -0.25) is 4.79 Å². The monoisotopic (exact) mass is 362 g/mol. The molecule has 0 unspecified atom stereocenters. The van der Waals surface area contributed by atoms with Crippen LogP contribution in [0.25, 0.3) is 12.2 Å². The van der Waals surface area contributed by atoms with Gasteiger partial charge in [-0.15, -0.1) is 0 Å². The van der Waals surface area contributed by atoms with Gasteiger partial charge in [0.1, 0.15) is 11.5 Å². The van der Waals surface area contributed by atoms with Crippen molar-refractivity contribution in [2.45, 2.75) is 33.1 Å². The lowest BCUT2D eigenvalue weighted by atomic mass is 9.87. The lowest BCUT2D eigenvalue weighted by Crippen LogP contribution is -2.12. The minimum atomic E-state index is 0.143. The predicted molar refractivity (Wildman–Crippen MR) is 110 cm³/mol. The van der Waals surface area contributed by atoms with E-state index in [-0.39, 0.29) is 5.78 Å². The van der Waals surface area contributed by atoms with E-state index in [0.29, 0.717) is 13.2 Å². The van der Waals surface area contributed by atoms with Crippen molar-refractivity contribution in [3.8, 4) is 11.5 Å². The molecule has 3 heteroatoms. The van der Waals surface area contributed by atoms with Gasteiger partial charge in [0, 0.05) is 11.1 Å². The molecular formula is C24H26O3. The molecule has 0 bridgehead atoms. The summed E-state index contributed by atoms with van der Waals surface area (Å²) in [6.45, 7) is 5.19. The zero-order chi connectivity index (χ0) is 19.1. The number of Topliss-reactive ketones (excluding diaryl/α,β-unsaturated/α-hetero) is 1. The molecule has 0 amide bonds. The Labute approximate surface area is 161 Å². The summed E-state index contributed by atoms with van der Waals surface area (Å²) in [5, 5.41) is 0. The highest BCUT2D eigenvalue weighted by atomic mass is 16.5. The van der Waals surface area contributed by atoms with Crippen molar-refractivity contribution in [2.24, 2.45) is 0 Å². The van der Waals surface area contributed by atoms with Crippen LogP contribution in [0.3, 0.4) is 0 Å². The molecule has 140 valence electrons. The Kier molecular flexibility index (Phi) is 6.48. The molecule has 2 aromatic rings. The van der Waals surface area contributed by atoms with Crippen molar-refractivity contribution >= 4 is 17.9 Å². The first-order chi connectivity index (χ1) is 13.2. The third-order valence-electron chi connectivity index (χ3n) is 4.50. The zero-order valence-electron chi connectivity index (χ0n) is 16.0. The third-order valence-corrected chi connectivity index (χ3v) is 4.50. The van der Waals surface area contributed by atoms with E-state index in [1.54, 1.807) is 0 Å². The third kappa shape index (κ3) is 5.10. The Morgan fingerprint density at radius 3 is 1.74 bits per heavy atom. The molecule has 0 heterocycles. The number of ether oxygens (including phenoxy) is 2. The minimum Gasteiger partial charge on any atom is -0.494 e.